The van der Waals surface area contributed by atoms with Gasteiger partial charge in [0, 0.05) is 18.8 Å². The molecule has 2 N–H and O–H groups in total. The third-order valence-electron chi connectivity index (χ3n) is 1.10. The van der Waals surface area contributed by atoms with Crippen LogP contribution < -0.4 is 5.32 Å². The van der Waals surface area contributed by atoms with Crippen LogP contribution in [0.15, 0.2) is 0 Å². The van der Waals surface area contributed by atoms with E-state index in [1.54, 1.807) is 0 Å². The fourth-order valence-electron chi connectivity index (χ4n) is 0.627. The van der Waals surface area contributed by atoms with Gasteiger partial charge in [-0.05, 0) is 0 Å². The van der Waals surface area contributed by atoms with Crippen LogP contribution in [0.1, 0.15) is 0 Å². The summed E-state index contributed by atoms with van der Waals surface area (Å²) in [6.07, 6.45) is 0. The molecule has 0 aromatic heterocycles. The molecular weight excluding hydrogens is 126 g/mol. The minimum atomic E-state index is -0.992. The lowest BCUT2D eigenvalue weighted by Crippen LogP contribution is -2.40. The van der Waals surface area contributed by atoms with Gasteiger partial charge in [-0.15, -0.1) is 0 Å². The quantitative estimate of drug-likeness (QED) is 0.432. The maximum absolute atomic E-state index is 10.6. The highest BCUT2D eigenvalue weighted by atomic mass is 32.2. The summed E-state index contributed by atoms with van der Waals surface area (Å²) in [4.78, 5) is 0. The summed E-state index contributed by atoms with van der Waals surface area (Å²) in [6, 6.07) is 0. The van der Waals surface area contributed by atoms with Gasteiger partial charge in [0.15, 0.2) is 0 Å². The zero-order valence-electron chi connectivity index (χ0n) is 4.46. The Kier molecular flexibility index (Phi) is 1.99. The summed E-state index contributed by atoms with van der Waals surface area (Å²) < 4.78 is 10.6. The molecule has 1 aliphatic heterocycles. The number of rotatable bonds is 0. The van der Waals surface area contributed by atoms with E-state index in [4.69, 9.17) is 5.11 Å². The molecule has 48 valence electrons. The van der Waals surface area contributed by atoms with Crippen molar-refractivity contribution in [1.82, 2.24) is 5.32 Å². The Balaban J connectivity index is 2.39. The molecule has 0 aromatic carbocycles. The van der Waals surface area contributed by atoms with Crippen molar-refractivity contribution in [3.05, 3.63) is 0 Å². The van der Waals surface area contributed by atoms with E-state index in [1.165, 1.54) is 0 Å². The summed E-state index contributed by atoms with van der Waals surface area (Å²) in [5.41, 5.74) is -0.635. The van der Waals surface area contributed by atoms with Gasteiger partial charge in [-0.3, -0.25) is 4.21 Å². The Bertz CT molecular complexity index is 106. The molecule has 1 rings (SSSR count). The lowest BCUT2D eigenvalue weighted by atomic mass is 10.6. The fraction of sp³-hybridized carbons (Fsp3) is 1.00. The van der Waals surface area contributed by atoms with Crippen LogP contribution in [0.4, 0.5) is 0 Å². The molecule has 1 fully saturated rings. The first-order valence-electron chi connectivity index (χ1n) is 2.56. The summed E-state index contributed by atoms with van der Waals surface area (Å²) in [5, 5.41) is 11.7. The largest absolute Gasteiger partial charge is 0.378 e. The van der Waals surface area contributed by atoms with E-state index < -0.39 is 16.2 Å². The van der Waals surface area contributed by atoms with Crippen LogP contribution in [0.5, 0.6) is 0 Å². The summed E-state index contributed by atoms with van der Waals surface area (Å²) in [5.74, 6) is 0.584. The van der Waals surface area contributed by atoms with Gasteiger partial charge in [0.05, 0.1) is 10.8 Å². The summed E-state index contributed by atoms with van der Waals surface area (Å²) in [7, 11) is -0.992. The molecule has 0 bridgehead atoms. The molecule has 1 saturated heterocycles. The molecule has 3 nitrogen and oxygen atoms in total. The molecule has 0 spiro atoms. The van der Waals surface area contributed by atoms with E-state index >= 15 is 0 Å². The van der Waals surface area contributed by atoms with E-state index in [-0.39, 0.29) is 0 Å². The van der Waals surface area contributed by atoms with Gasteiger partial charge in [-0.25, -0.2) is 0 Å². The van der Waals surface area contributed by atoms with Crippen LogP contribution in [0, 0.1) is 0 Å². The zero-order chi connectivity index (χ0) is 5.98. The number of aliphatic hydroxyl groups is 1. The normalized spacial score (nSPS) is 39.6. The Morgan fingerprint density at radius 1 is 1.75 bits per heavy atom. The highest BCUT2D eigenvalue weighted by Crippen LogP contribution is 1.94. The van der Waals surface area contributed by atoms with Crippen LogP contribution in [0.2, 0.25) is 0 Å². The van der Waals surface area contributed by atoms with E-state index in [1.807, 2.05) is 0 Å². The van der Waals surface area contributed by atoms with Crippen molar-refractivity contribution >= 4 is 10.8 Å². The van der Waals surface area contributed by atoms with Crippen molar-refractivity contribution < 1.29 is 9.32 Å². The molecular formula is C4H9NO2S. The second-order valence-electron chi connectivity index (χ2n) is 1.74. The van der Waals surface area contributed by atoms with Crippen molar-refractivity contribution in [3.8, 4) is 0 Å². The molecule has 0 aliphatic carbocycles. The molecule has 8 heavy (non-hydrogen) atoms. The smallest absolute Gasteiger partial charge is 0.141 e. The number of β-amino-alcohol motifs (C(OH)–C–C–N with tert-alkyl or cyclic N) is 1. The lowest BCUT2D eigenvalue weighted by Gasteiger charge is -2.16. The second kappa shape index (κ2) is 2.57. The average molecular weight is 135 g/mol. The zero-order valence-corrected chi connectivity index (χ0v) is 5.28. The number of nitrogens with one attached hydrogen (secondary N) is 1. The van der Waals surface area contributed by atoms with E-state index in [9.17, 15) is 4.21 Å². The Hall–Kier alpha value is 0.0700. The lowest BCUT2D eigenvalue weighted by molar-refractivity contribution is 0.247. The van der Waals surface area contributed by atoms with Crippen molar-refractivity contribution in [1.29, 1.82) is 0 Å². The first-order valence-corrected chi connectivity index (χ1v) is 3.95. The predicted molar refractivity (Wildman–Crippen MR) is 31.9 cm³/mol. The first kappa shape index (κ1) is 6.19. The monoisotopic (exact) mass is 135 g/mol. The van der Waals surface area contributed by atoms with E-state index in [0.717, 1.165) is 6.54 Å². The van der Waals surface area contributed by atoms with Gasteiger partial charge in [-0.1, -0.05) is 0 Å². The molecule has 1 heterocycles. The predicted octanol–water partition coefficient (Wildman–Crippen LogP) is -1.34. The van der Waals surface area contributed by atoms with Gasteiger partial charge in [0.1, 0.15) is 5.44 Å². The maximum atomic E-state index is 10.6. The van der Waals surface area contributed by atoms with Crippen molar-refractivity contribution in [2.24, 2.45) is 0 Å². The van der Waals surface area contributed by atoms with Gasteiger partial charge in [0.2, 0.25) is 0 Å². The fourth-order valence-corrected chi connectivity index (χ4v) is 1.55. The molecule has 0 saturated carbocycles. The SMILES string of the molecule is O=S1CCNCC1O. The van der Waals surface area contributed by atoms with Crippen LogP contribution in [0.25, 0.3) is 0 Å². The van der Waals surface area contributed by atoms with Crippen molar-refractivity contribution in [3.63, 3.8) is 0 Å². The van der Waals surface area contributed by atoms with Crippen molar-refractivity contribution in [2.75, 3.05) is 18.8 Å². The number of hydrogen-bond acceptors (Lipinski definition) is 3. The highest BCUT2D eigenvalue weighted by molar-refractivity contribution is 7.85. The second-order valence-corrected chi connectivity index (χ2v) is 3.46. The molecule has 2 unspecified atom stereocenters. The third-order valence-corrected chi connectivity index (χ3v) is 2.48. The number of hydrogen-bond donors (Lipinski definition) is 2. The van der Waals surface area contributed by atoms with E-state index in [2.05, 4.69) is 5.32 Å². The summed E-state index contributed by atoms with van der Waals surface area (Å²) >= 11 is 0. The third kappa shape index (κ3) is 1.27. The maximum Gasteiger partial charge on any atom is 0.141 e. The van der Waals surface area contributed by atoms with Gasteiger partial charge in [-0.2, -0.15) is 0 Å². The minimum absolute atomic E-state index is 0.479. The standard InChI is InChI=1S/C4H9NO2S/c6-4-3-5-1-2-8(4)7/h4-6H,1-3H2. The Labute approximate surface area is 50.5 Å². The number of aliphatic hydroxyl groups excluding tert-OH is 1. The van der Waals surface area contributed by atoms with E-state index in [0.29, 0.717) is 12.3 Å². The van der Waals surface area contributed by atoms with Gasteiger partial charge < -0.3 is 10.4 Å². The summed E-state index contributed by atoms with van der Waals surface area (Å²) in [6.45, 7) is 1.25. The molecule has 4 heteroatoms. The van der Waals surface area contributed by atoms with Crippen molar-refractivity contribution in [2.45, 2.75) is 5.44 Å². The van der Waals surface area contributed by atoms with Crippen LogP contribution in [0.3, 0.4) is 0 Å². The molecule has 0 amide bonds. The average Bonchev–Trinajstić information content (AvgIpc) is 1.77. The van der Waals surface area contributed by atoms with Crippen LogP contribution in [-0.2, 0) is 10.8 Å². The van der Waals surface area contributed by atoms with Crippen LogP contribution >= 0.6 is 0 Å². The molecule has 0 radical (unpaired) electrons. The topological polar surface area (TPSA) is 49.3 Å². The molecule has 2 atom stereocenters. The molecule has 0 aromatic rings. The molecule has 1 aliphatic rings. The van der Waals surface area contributed by atoms with Gasteiger partial charge in [0.25, 0.3) is 0 Å². The first-order chi connectivity index (χ1) is 3.80. The van der Waals surface area contributed by atoms with Crippen LogP contribution in [-0.4, -0.2) is 33.6 Å². The Morgan fingerprint density at radius 2 is 2.50 bits per heavy atom. The minimum Gasteiger partial charge on any atom is -0.378 e. The van der Waals surface area contributed by atoms with Gasteiger partial charge >= 0.3 is 0 Å². The Morgan fingerprint density at radius 3 is 2.88 bits per heavy atom. The highest BCUT2D eigenvalue weighted by Gasteiger charge is 2.15.